The van der Waals surface area contributed by atoms with Crippen LogP contribution in [0.1, 0.15) is 77.8 Å². The van der Waals surface area contributed by atoms with Gasteiger partial charge in [0.1, 0.15) is 11.2 Å². The standard InChI is InChI=1S/C24H33F2N5O4/c1-23(2,3)35-22(33)30-10-7-15(8-11-30)28-21-27-13-14-12-16(18(25)26)20(32)31(19(14)29-21)17-6-5-9-24(17,4)34/h12-13,15,17-18,34H,5-11H2,1-4H3,(H,27,28,29)/t17-,24-/m1/s1. The molecule has 2 aromatic heterocycles. The molecule has 2 N–H and O–H groups in total. The number of halogens is 2. The number of nitrogens with zero attached hydrogens (tertiary/aromatic N) is 4. The molecule has 192 valence electrons. The summed E-state index contributed by atoms with van der Waals surface area (Å²) < 4.78 is 33.9. The van der Waals surface area contributed by atoms with Crippen LogP contribution in [0.25, 0.3) is 11.0 Å². The topological polar surface area (TPSA) is 110 Å². The predicted octanol–water partition coefficient (Wildman–Crippen LogP) is 4.02. The number of alkyl halides is 2. The van der Waals surface area contributed by atoms with Gasteiger partial charge in [-0.25, -0.2) is 18.6 Å². The minimum atomic E-state index is -2.95. The molecule has 3 heterocycles. The Kier molecular flexibility index (Phi) is 6.74. The Bertz CT molecular complexity index is 1150. The van der Waals surface area contributed by atoms with Crippen LogP contribution in [0.3, 0.4) is 0 Å². The number of fused-ring (bicyclic) bond motifs is 1. The van der Waals surface area contributed by atoms with Gasteiger partial charge in [0.25, 0.3) is 12.0 Å². The maximum absolute atomic E-state index is 13.6. The number of hydrogen-bond acceptors (Lipinski definition) is 7. The third-order valence-corrected chi connectivity index (χ3v) is 6.71. The van der Waals surface area contributed by atoms with E-state index in [4.69, 9.17) is 4.74 Å². The summed E-state index contributed by atoms with van der Waals surface area (Å²) in [5.41, 5.74) is -3.01. The van der Waals surface area contributed by atoms with Gasteiger partial charge in [-0.15, -0.1) is 0 Å². The highest BCUT2D eigenvalue weighted by Gasteiger charge is 2.40. The number of carbonyl (C=O) groups is 1. The molecule has 4 rings (SSSR count). The fraction of sp³-hybridized carbons (Fsp3) is 0.667. The van der Waals surface area contributed by atoms with Crippen molar-refractivity contribution in [2.24, 2.45) is 0 Å². The summed E-state index contributed by atoms with van der Waals surface area (Å²) in [5, 5.41) is 14.4. The van der Waals surface area contributed by atoms with Gasteiger partial charge in [-0.1, -0.05) is 0 Å². The number of anilines is 1. The zero-order chi connectivity index (χ0) is 25.5. The van der Waals surface area contributed by atoms with E-state index in [9.17, 15) is 23.5 Å². The number of rotatable bonds is 4. The number of piperidine rings is 1. The van der Waals surface area contributed by atoms with Crippen LogP contribution in [0.15, 0.2) is 17.1 Å². The molecule has 1 aliphatic heterocycles. The number of ether oxygens (including phenoxy) is 1. The van der Waals surface area contributed by atoms with Crippen molar-refractivity contribution in [1.82, 2.24) is 19.4 Å². The lowest BCUT2D eigenvalue weighted by molar-refractivity contribution is 0.0209. The third-order valence-electron chi connectivity index (χ3n) is 6.71. The zero-order valence-electron chi connectivity index (χ0n) is 20.6. The second-order valence-electron chi connectivity index (χ2n) is 10.7. The van der Waals surface area contributed by atoms with Crippen molar-refractivity contribution in [2.75, 3.05) is 18.4 Å². The van der Waals surface area contributed by atoms with E-state index in [0.717, 1.165) is 6.07 Å². The number of nitrogens with one attached hydrogen (secondary N) is 1. The highest BCUT2D eigenvalue weighted by atomic mass is 19.3. The Morgan fingerprint density at radius 2 is 1.97 bits per heavy atom. The smallest absolute Gasteiger partial charge is 0.410 e. The molecule has 0 unspecified atom stereocenters. The molecule has 1 aliphatic carbocycles. The number of aliphatic hydroxyl groups is 1. The largest absolute Gasteiger partial charge is 0.444 e. The van der Waals surface area contributed by atoms with Crippen LogP contribution in [-0.2, 0) is 4.74 Å². The van der Waals surface area contributed by atoms with Crippen LogP contribution in [0.5, 0.6) is 0 Å². The summed E-state index contributed by atoms with van der Waals surface area (Å²) in [6, 6.07) is 0.461. The van der Waals surface area contributed by atoms with Gasteiger partial charge in [0.05, 0.1) is 17.2 Å². The molecule has 2 aliphatic rings. The van der Waals surface area contributed by atoms with E-state index in [1.54, 1.807) is 11.8 Å². The normalized spacial score (nSPS) is 23.8. The lowest BCUT2D eigenvalue weighted by Gasteiger charge is -2.33. The van der Waals surface area contributed by atoms with Crippen molar-refractivity contribution in [2.45, 2.75) is 89.5 Å². The molecule has 2 atom stereocenters. The molecule has 1 saturated heterocycles. The number of likely N-dealkylation sites (tertiary alicyclic amines) is 1. The molecule has 0 aromatic carbocycles. The molecular formula is C24H33F2N5O4. The van der Waals surface area contributed by atoms with E-state index < -0.39 is 34.8 Å². The summed E-state index contributed by atoms with van der Waals surface area (Å²) in [7, 11) is 0. The van der Waals surface area contributed by atoms with Gasteiger partial charge < -0.3 is 20.1 Å². The van der Waals surface area contributed by atoms with E-state index in [0.29, 0.717) is 50.6 Å². The van der Waals surface area contributed by atoms with Crippen LogP contribution >= 0.6 is 0 Å². The van der Waals surface area contributed by atoms with Crippen LogP contribution in [0, 0.1) is 0 Å². The highest BCUT2D eigenvalue weighted by Crippen LogP contribution is 2.39. The molecule has 1 saturated carbocycles. The minimum Gasteiger partial charge on any atom is -0.444 e. The van der Waals surface area contributed by atoms with Gasteiger partial charge in [-0.2, -0.15) is 4.98 Å². The number of amides is 1. The lowest BCUT2D eigenvalue weighted by atomic mass is 9.99. The first-order valence-corrected chi connectivity index (χ1v) is 12.0. The SMILES string of the molecule is CC(C)(C)OC(=O)N1CCC(Nc2ncc3cc(C(F)F)c(=O)n([C@@H]4CCC[C@@]4(C)O)c3n2)CC1. The average Bonchev–Trinajstić information content (AvgIpc) is 3.11. The summed E-state index contributed by atoms with van der Waals surface area (Å²) in [5.74, 6) is 0.267. The van der Waals surface area contributed by atoms with Crippen molar-refractivity contribution in [1.29, 1.82) is 0 Å². The summed E-state index contributed by atoms with van der Waals surface area (Å²) >= 11 is 0. The Balaban J connectivity index is 1.58. The van der Waals surface area contributed by atoms with E-state index >= 15 is 0 Å². The van der Waals surface area contributed by atoms with Crippen LogP contribution in [0.4, 0.5) is 19.5 Å². The molecule has 0 radical (unpaired) electrons. The molecule has 9 nitrogen and oxygen atoms in total. The quantitative estimate of drug-likeness (QED) is 0.662. The lowest BCUT2D eigenvalue weighted by Crippen LogP contribution is -2.44. The predicted molar refractivity (Wildman–Crippen MR) is 127 cm³/mol. The summed E-state index contributed by atoms with van der Waals surface area (Å²) in [6.45, 7) is 8.11. The Hall–Kier alpha value is -2.82. The minimum absolute atomic E-state index is 0.0127. The monoisotopic (exact) mass is 493 g/mol. The van der Waals surface area contributed by atoms with Crippen molar-refractivity contribution in [3.63, 3.8) is 0 Å². The van der Waals surface area contributed by atoms with Crippen molar-refractivity contribution >= 4 is 23.1 Å². The molecule has 1 amide bonds. The summed E-state index contributed by atoms with van der Waals surface area (Å²) in [6.07, 6.45) is 1.06. The molecule has 11 heteroatoms. The fourth-order valence-corrected chi connectivity index (χ4v) is 4.91. The number of aromatic nitrogens is 3. The van der Waals surface area contributed by atoms with Gasteiger partial charge in [0.2, 0.25) is 5.95 Å². The van der Waals surface area contributed by atoms with Crippen LogP contribution in [-0.4, -0.2) is 61.0 Å². The molecular weight excluding hydrogens is 460 g/mol. The second kappa shape index (κ2) is 9.33. The Morgan fingerprint density at radius 3 is 2.54 bits per heavy atom. The first-order valence-electron chi connectivity index (χ1n) is 12.0. The van der Waals surface area contributed by atoms with E-state index in [2.05, 4.69) is 15.3 Å². The van der Waals surface area contributed by atoms with Crippen molar-refractivity contribution in [3.05, 3.63) is 28.2 Å². The molecule has 0 spiro atoms. The van der Waals surface area contributed by atoms with Gasteiger partial charge in [0, 0.05) is 30.7 Å². The van der Waals surface area contributed by atoms with Gasteiger partial charge >= 0.3 is 6.09 Å². The first-order chi connectivity index (χ1) is 16.4. The second-order valence-corrected chi connectivity index (χ2v) is 10.7. The van der Waals surface area contributed by atoms with Crippen molar-refractivity contribution in [3.8, 4) is 0 Å². The van der Waals surface area contributed by atoms with Gasteiger partial charge in [-0.3, -0.25) is 9.36 Å². The first kappa shape index (κ1) is 25.3. The fourth-order valence-electron chi connectivity index (χ4n) is 4.91. The molecule has 35 heavy (non-hydrogen) atoms. The van der Waals surface area contributed by atoms with E-state index in [1.807, 2.05) is 20.8 Å². The maximum Gasteiger partial charge on any atom is 0.410 e. The highest BCUT2D eigenvalue weighted by molar-refractivity contribution is 5.76. The molecule has 0 bridgehead atoms. The zero-order valence-corrected chi connectivity index (χ0v) is 20.6. The van der Waals surface area contributed by atoms with Crippen LogP contribution in [0.2, 0.25) is 0 Å². The number of pyridine rings is 1. The number of hydrogen-bond donors (Lipinski definition) is 2. The maximum atomic E-state index is 13.6. The Labute approximate surface area is 202 Å². The summed E-state index contributed by atoms with van der Waals surface area (Å²) in [4.78, 5) is 35.8. The van der Waals surface area contributed by atoms with E-state index in [1.165, 1.54) is 10.8 Å². The third kappa shape index (κ3) is 5.39. The molecule has 2 fully saturated rings. The average molecular weight is 494 g/mol. The van der Waals surface area contributed by atoms with Gasteiger partial charge in [-0.05, 0) is 65.9 Å². The van der Waals surface area contributed by atoms with Crippen LogP contribution < -0.4 is 10.9 Å². The number of carbonyl (C=O) groups excluding carboxylic acids is 1. The van der Waals surface area contributed by atoms with Crippen molar-refractivity contribution < 1.29 is 23.4 Å². The molecule has 2 aromatic rings. The van der Waals surface area contributed by atoms with Gasteiger partial charge in [0.15, 0.2) is 0 Å². The Morgan fingerprint density at radius 1 is 1.29 bits per heavy atom. The van der Waals surface area contributed by atoms with E-state index in [-0.39, 0.29) is 23.7 Å².